The van der Waals surface area contributed by atoms with Crippen molar-refractivity contribution in [1.29, 1.82) is 0 Å². The van der Waals surface area contributed by atoms with E-state index in [4.69, 9.17) is 4.74 Å². The minimum atomic E-state index is 0.635. The van der Waals surface area contributed by atoms with Crippen molar-refractivity contribution in [3.05, 3.63) is 58.1 Å². The van der Waals surface area contributed by atoms with Crippen molar-refractivity contribution in [2.24, 2.45) is 5.92 Å². The molecule has 0 aliphatic carbocycles. The molecule has 1 atom stereocenters. The van der Waals surface area contributed by atoms with Gasteiger partial charge in [-0.15, -0.1) is 0 Å². The molecule has 26 heavy (non-hydrogen) atoms. The maximum absolute atomic E-state index is 5.38. The van der Waals surface area contributed by atoms with Gasteiger partial charge in [-0.1, -0.05) is 34.1 Å². The molecule has 3 nitrogen and oxygen atoms in total. The SMILES string of the molecule is COc1ccc(Br)c(CC2CCN(CC3CNc4ccccc43)CC2)c1. The van der Waals surface area contributed by atoms with Crippen molar-refractivity contribution < 1.29 is 4.74 Å². The average Bonchev–Trinajstić information content (AvgIpc) is 3.08. The van der Waals surface area contributed by atoms with Crippen LogP contribution in [0.1, 0.15) is 29.9 Å². The molecule has 0 saturated carbocycles. The number of fused-ring (bicyclic) bond motifs is 1. The first kappa shape index (κ1) is 17.9. The van der Waals surface area contributed by atoms with E-state index in [1.165, 1.54) is 53.8 Å². The van der Waals surface area contributed by atoms with Gasteiger partial charge in [0.2, 0.25) is 0 Å². The number of anilines is 1. The lowest BCUT2D eigenvalue weighted by atomic mass is 9.89. The summed E-state index contributed by atoms with van der Waals surface area (Å²) < 4.78 is 6.59. The molecule has 4 heteroatoms. The topological polar surface area (TPSA) is 24.5 Å². The Morgan fingerprint density at radius 1 is 1.15 bits per heavy atom. The van der Waals surface area contributed by atoms with Gasteiger partial charge < -0.3 is 15.0 Å². The quantitative estimate of drug-likeness (QED) is 0.750. The summed E-state index contributed by atoms with van der Waals surface area (Å²) in [7, 11) is 1.74. The van der Waals surface area contributed by atoms with Gasteiger partial charge in [0.25, 0.3) is 0 Å². The summed E-state index contributed by atoms with van der Waals surface area (Å²) in [4.78, 5) is 2.66. The van der Waals surface area contributed by atoms with E-state index in [1.807, 2.05) is 6.07 Å². The van der Waals surface area contributed by atoms with Crippen molar-refractivity contribution in [2.45, 2.75) is 25.2 Å². The van der Waals surface area contributed by atoms with E-state index >= 15 is 0 Å². The van der Waals surface area contributed by atoms with Gasteiger partial charge in [-0.25, -0.2) is 0 Å². The summed E-state index contributed by atoms with van der Waals surface area (Å²) >= 11 is 3.70. The van der Waals surface area contributed by atoms with Crippen LogP contribution in [0, 0.1) is 5.92 Å². The first-order valence-corrected chi connectivity index (χ1v) is 10.4. The Morgan fingerprint density at radius 2 is 1.96 bits per heavy atom. The van der Waals surface area contributed by atoms with Crippen LogP contribution in [0.5, 0.6) is 5.75 Å². The lowest BCUT2D eigenvalue weighted by molar-refractivity contribution is 0.177. The second-order valence-electron chi connectivity index (χ2n) is 7.57. The number of methoxy groups -OCH3 is 1. The van der Waals surface area contributed by atoms with Gasteiger partial charge in [0.15, 0.2) is 0 Å². The molecular weight excluding hydrogens is 388 g/mol. The molecule has 1 saturated heterocycles. The van der Waals surface area contributed by atoms with Crippen LogP contribution in [0.2, 0.25) is 0 Å². The van der Waals surface area contributed by atoms with Crippen molar-refractivity contribution in [2.75, 3.05) is 38.6 Å². The van der Waals surface area contributed by atoms with Crippen LogP contribution < -0.4 is 10.1 Å². The molecule has 0 aromatic heterocycles. The Kier molecular flexibility index (Phi) is 5.51. The van der Waals surface area contributed by atoms with Crippen molar-refractivity contribution in [3.8, 4) is 5.75 Å². The highest BCUT2D eigenvalue weighted by Gasteiger charge is 2.26. The minimum absolute atomic E-state index is 0.635. The fourth-order valence-corrected chi connectivity index (χ4v) is 4.76. The molecule has 138 valence electrons. The molecule has 2 aromatic rings. The highest BCUT2D eigenvalue weighted by atomic mass is 79.9. The Labute approximate surface area is 164 Å². The highest BCUT2D eigenvalue weighted by molar-refractivity contribution is 9.10. The van der Waals surface area contributed by atoms with Crippen LogP contribution >= 0.6 is 15.9 Å². The summed E-state index contributed by atoms with van der Waals surface area (Å²) in [5, 5.41) is 3.55. The van der Waals surface area contributed by atoms with Gasteiger partial charge in [0, 0.05) is 29.2 Å². The van der Waals surface area contributed by atoms with Crippen molar-refractivity contribution in [1.82, 2.24) is 4.90 Å². The molecule has 2 aromatic carbocycles. The van der Waals surface area contributed by atoms with E-state index in [-0.39, 0.29) is 0 Å². The number of nitrogens with one attached hydrogen (secondary N) is 1. The van der Waals surface area contributed by atoms with Gasteiger partial charge in [-0.3, -0.25) is 0 Å². The average molecular weight is 415 g/mol. The third-order valence-electron chi connectivity index (χ3n) is 5.89. The molecule has 2 aliphatic rings. The number of ether oxygens (including phenoxy) is 1. The van der Waals surface area contributed by atoms with Gasteiger partial charge in [0.05, 0.1) is 7.11 Å². The third-order valence-corrected chi connectivity index (χ3v) is 6.66. The summed E-state index contributed by atoms with van der Waals surface area (Å²) in [5.74, 6) is 2.35. The van der Waals surface area contributed by atoms with Crippen LogP contribution in [0.15, 0.2) is 46.9 Å². The predicted octanol–water partition coefficient (Wildman–Crippen LogP) is 4.92. The Bertz CT molecular complexity index is 756. The summed E-state index contributed by atoms with van der Waals surface area (Å²) in [5.41, 5.74) is 4.20. The molecule has 2 heterocycles. The lowest BCUT2D eigenvalue weighted by Gasteiger charge is -2.33. The van der Waals surface area contributed by atoms with Gasteiger partial charge >= 0.3 is 0 Å². The van der Waals surface area contributed by atoms with Gasteiger partial charge in [-0.2, -0.15) is 0 Å². The summed E-state index contributed by atoms with van der Waals surface area (Å²) in [6, 6.07) is 15.1. The van der Waals surface area contributed by atoms with Crippen molar-refractivity contribution >= 4 is 21.6 Å². The highest BCUT2D eigenvalue weighted by Crippen LogP contribution is 2.33. The number of nitrogens with zero attached hydrogens (tertiary/aromatic N) is 1. The van der Waals surface area contributed by atoms with Crippen LogP contribution in [-0.2, 0) is 6.42 Å². The number of hydrogen-bond acceptors (Lipinski definition) is 3. The fraction of sp³-hybridized carbons (Fsp3) is 0.455. The Balaban J connectivity index is 1.31. The minimum Gasteiger partial charge on any atom is -0.497 e. The molecule has 1 unspecified atom stereocenters. The predicted molar refractivity (Wildman–Crippen MR) is 111 cm³/mol. The molecule has 0 radical (unpaired) electrons. The standard InChI is InChI=1S/C22H27BrN2O/c1-26-19-6-7-21(23)17(13-19)12-16-8-10-25(11-9-16)15-18-14-24-22-5-3-2-4-20(18)22/h2-7,13,16,18,24H,8-12,14-15H2,1H3. The third kappa shape index (κ3) is 3.91. The van der Waals surface area contributed by atoms with Crippen LogP contribution in [-0.4, -0.2) is 38.2 Å². The van der Waals surface area contributed by atoms with E-state index in [2.05, 4.69) is 62.5 Å². The second kappa shape index (κ2) is 8.01. The zero-order chi connectivity index (χ0) is 17.9. The summed E-state index contributed by atoms with van der Waals surface area (Å²) in [6.45, 7) is 4.69. The van der Waals surface area contributed by atoms with Crippen LogP contribution in [0.25, 0.3) is 0 Å². The smallest absolute Gasteiger partial charge is 0.119 e. The van der Waals surface area contributed by atoms with E-state index in [0.717, 1.165) is 24.6 Å². The molecule has 0 amide bonds. The summed E-state index contributed by atoms with van der Waals surface area (Å²) in [6.07, 6.45) is 3.70. The molecular formula is C22H27BrN2O. The van der Waals surface area contributed by atoms with Gasteiger partial charge in [-0.05, 0) is 73.7 Å². The molecule has 1 fully saturated rings. The number of likely N-dealkylation sites (tertiary alicyclic amines) is 1. The second-order valence-corrected chi connectivity index (χ2v) is 8.42. The van der Waals surface area contributed by atoms with E-state index in [1.54, 1.807) is 7.11 Å². The van der Waals surface area contributed by atoms with E-state index in [9.17, 15) is 0 Å². The fourth-order valence-electron chi connectivity index (χ4n) is 4.35. The van der Waals surface area contributed by atoms with Crippen LogP contribution in [0.3, 0.4) is 0 Å². The van der Waals surface area contributed by atoms with E-state index < -0.39 is 0 Å². The molecule has 2 aliphatic heterocycles. The molecule has 0 bridgehead atoms. The largest absolute Gasteiger partial charge is 0.497 e. The number of benzene rings is 2. The Hall–Kier alpha value is -1.52. The first-order valence-electron chi connectivity index (χ1n) is 9.60. The van der Waals surface area contributed by atoms with E-state index in [0.29, 0.717) is 5.92 Å². The zero-order valence-corrected chi connectivity index (χ0v) is 17.0. The van der Waals surface area contributed by atoms with Crippen molar-refractivity contribution in [3.63, 3.8) is 0 Å². The number of para-hydroxylation sites is 1. The number of hydrogen-bond donors (Lipinski definition) is 1. The number of halogens is 1. The van der Waals surface area contributed by atoms with Crippen LogP contribution in [0.4, 0.5) is 5.69 Å². The maximum Gasteiger partial charge on any atom is 0.119 e. The molecule has 0 spiro atoms. The number of piperidine rings is 1. The van der Waals surface area contributed by atoms with Gasteiger partial charge in [0.1, 0.15) is 5.75 Å². The monoisotopic (exact) mass is 414 g/mol. The number of rotatable bonds is 5. The zero-order valence-electron chi connectivity index (χ0n) is 15.4. The molecule has 4 rings (SSSR count). The molecule has 1 N–H and O–H groups in total. The maximum atomic E-state index is 5.38. The lowest BCUT2D eigenvalue weighted by Crippen LogP contribution is -2.37. The first-order chi connectivity index (χ1) is 12.7. The normalized spacial score (nSPS) is 20.6. The Morgan fingerprint density at radius 3 is 2.77 bits per heavy atom.